The third-order valence-electron chi connectivity index (χ3n) is 3.62. The van der Waals surface area contributed by atoms with Crippen molar-refractivity contribution in [3.05, 3.63) is 34.2 Å². The molecule has 0 aliphatic rings. The summed E-state index contributed by atoms with van der Waals surface area (Å²) in [7, 11) is 0. The molecule has 1 heterocycles. The highest BCUT2D eigenvalue weighted by Crippen LogP contribution is 2.17. The number of aromatic nitrogens is 2. The number of aromatic amines is 1. The van der Waals surface area contributed by atoms with Gasteiger partial charge in [0, 0.05) is 6.54 Å². The zero-order valence-corrected chi connectivity index (χ0v) is 11.1. The van der Waals surface area contributed by atoms with Gasteiger partial charge in [-0.1, -0.05) is 26.7 Å². The Morgan fingerprint density at radius 1 is 1.37 bits per heavy atom. The summed E-state index contributed by atoms with van der Waals surface area (Å²) in [6.07, 6.45) is 1.99. The van der Waals surface area contributed by atoms with Gasteiger partial charge in [-0.25, -0.2) is 9.59 Å². The van der Waals surface area contributed by atoms with E-state index in [-0.39, 0.29) is 11.3 Å². The fourth-order valence-corrected chi connectivity index (χ4v) is 2.27. The monoisotopic (exact) mass is 262 g/mol. The average Bonchev–Trinajstić information content (AvgIpc) is 2.70. The molecule has 0 fully saturated rings. The Kier molecular flexibility index (Phi) is 3.74. The van der Waals surface area contributed by atoms with E-state index in [1.807, 2.05) is 0 Å². The van der Waals surface area contributed by atoms with E-state index in [4.69, 9.17) is 5.11 Å². The largest absolute Gasteiger partial charge is 0.478 e. The molecule has 0 atom stereocenters. The number of fused-ring (bicyclic) bond motifs is 1. The molecule has 0 aliphatic carbocycles. The lowest BCUT2D eigenvalue weighted by Crippen LogP contribution is -2.21. The number of nitrogens with zero attached hydrogens (tertiary/aromatic N) is 1. The molecule has 2 N–H and O–H groups in total. The van der Waals surface area contributed by atoms with Crippen molar-refractivity contribution in [1.29, 1.82) is 0 Å². The lowest BCUT2D eigenvalue weighted by atomic mass is 10.0. The number of benzene rings is 1. The summed E-state index contributed by atoms with van der Waals surface area (Å²) >= 11 is 0. The van der Waals surface area contributed by atoms with Crippen LogP contribution in [0, 0.1) is 5.92 Å². The first kappa shape index (κ1) is 13.4. The van der Waals surface area contributed by atoms with Crippen LogP contribution in [0.3, 0.4) is 0 Å². The molecule has 102 valence electrons. The Bertz CT molecular complexity index is 650. The highest BCUT2D eigenvalue weighted by atomic mass is 16.4. The second-order valence-corrected chi connectivity index (χ2v) is 4.76. The number of nitrogens with one attached hydrogen (secondary N) is 1. The Morgan fingerprint density at radius 2 is 2.05 bits per heavy atom. The minimum atomic E-state index is -0.982. The second-order valence-electron chi connectivity index (χ2n) is 4.76. The van der Waals surface area contributed by atoms with E-state index in [1.165, 1.54) is 6.07 Å². The molecule has 5 heteroatoms. The quantitative estimate of drug-likeness (QED) is 0.869. The van der Waals surface area contributed by atoms with Crippen molar-refractivity contribution in [3.63, 3.8) is 0 Å². The summed E-state index contributed by atoms with van der Waals surface area (Å²) in [5.41, 5.74) is 1.37. The van der Waals surface area contributed by atoms with Gasteiger partial charge in [-0.2, -0.15) is 0 Å². The van der Waals surface area contributed by atoms with E-state index in [1.54, 1.807) is 16.7 Å². The summed E-state index contributed by atoms with van der Waals surface area (Å²) in [6, 6.07) is 4.70. The van der Waals surface area contributed by atoms with Gasteiger partial charge in [0.2, 0.25) is 0 Å². The summed E-state index contributed by atoms with van der Waals surface area (Å²) in [5, 5.41) is 9.02. The molecule has 0 spiro atoms. The lowest BCUT2D eigenvalue weighted by Gasteiger charge is -2.13. The number of imidazole rings is 1. The van der Waals surface area contributed by atoms with Crippen LogP contribution in [0.4, 0.5) is 0 Å². The van der Waals surface area contributed by atoms with Crippen molar-refractivity contribution in [2.24, 2.45) is 5.92 Å². The molecule has 5 nitrogen and oxygen atoms in total. The van der Waals surface area contributed by atoms with Gasteiger partial charge in [-0.05, 0) is 24.1 Å². The normalized spacial score (nSPS) is 11.3. The van der Waals surface area contributed by atoms with Crippen LogP contribution in [0.25, 0.3) is 11.0 Å². The Hall–Kier alpha value is -2.04. The molecule has 1 aromatic heterocycles. The fourth-order valence-electron chi connectivity index (χ4n) is 2.27. The van der Waals surface area contributed by atoms with Gasteiger partial charge in [-0.3, -0.25) is 4.57 Å². The van der Waals surface area contributed by atoms with Crippen LogP contribution in [0.1, 0.15) is 37.0 Å². The highest BCUT2D eigenvalue weighted by Gasteiger charge is 2.13. The third-order valence-corrected chi connectivity index (χ3v) is 3.62. The van der Waals surface area contributed by atoms with Crippen molar-refractivity contribution in [2.45, 2.75) is 33.2 Å². The van der Waals surface area contributed by atoms with Gasteiger partial charge in [0.15, 0.2) is 0 Å². The van der Waals surface area contributed by atoms with E-state index in [0.717, 1.165) is 12.8 Å². The Morgan fingerprint density at radius 3 is 2.63 bits per heavy atom. The SMILES string of the molecule is CCC(CC)Cn1c(=O)[nH]c2ccc(C(=O)O)cc21. The standard InChI is InChI=1S/C14H18N2O3/c1-3-9(4-2)8-16-12-7-10(13(17)18)5-6-11(12)15-14(16)19/h5-7,9H,3-4,8H2,1-2H3,(H,15,19)(H,17,18). The van der Waals surface area contributed by atoms with Crippen LogP contribution in [0.2, 0.25) is 0 Å². The number of rotatable bonds is 5. The smallest absolute Gasteiger partial charge is 0.335 e. The molecule has 0 saturated carbocycles. The first-order chi connectivity index (χ1) is 9.06. The molecule has 2 rings (SSSR count). The molecule has 0 aliphatic heterocycles. The number of hydrogen-bond acceptors (Lipinski definition) is 2. The number of aromatic carboxylic acids is 1. The Labute approximate surface area is 110 Å². The minimum Gasteiger partial charge on any atom is -0.478 e. The molecular formula is C14H18N2O3. The van der Waals surface area contributed by atoms with Crippen molar-refractivity contribution >= 4 is 17.0 Å². The highest BCUT2D eigenvalue weighted by molar-refractivity contribution is 5.92. The van der Waals surface area contributed by atoms with Gasteiger partial charge in [0.05, 0.1) is 16.6 Å². The molecule has 0 amide bonds. The summed E-state index contributed by atoms with van der Waals surface area (Å²) in [6.45, 7) is 4.81. The van der Waals surface area contributed by atoms with E-state index >= 15 is 0 Å². The van der Waals surface area contributed by atoms with Crippen LogP contribution < -0.4 is 5.69 Å². The molecule has 0 unspecified atom stereocenters. The maximum Gasteiger partial charge on any atom is 0.335 e. The van der Waals surface area contributed by atoms with E-state index < -0.39 is 5.97 Å². The predicted molar refractivity (Wildman–Crippen MR) is 73.6 cm³/mol. The van der Waals surface area contributed by atoms with Crippen LogP contribution in [-0.4, -0.2) is 20.6 Å². The maximum atomic E-state index is 11.9. The summed E-state index contributed by atoms with van der Waals surface area (Å²) < 4.78 is 1.64. The molecule has 2 aromatic rings. The zero-order valence-electron chi connectivity index (χ0n) is 11.1. The van der Waals surface area contributed by atoms with Gasteiger partial charge < -0.3 is 10.1 Å². The van der Waals surface area contributed by atoms with Crippen LogP contribution in [0.5, 0.6) is 0 Å². The van der Waals surface area contributed by atoms with Crippen molar-refractivity contribution < 1.29 is 9.90 Å². The van der Waals surface area contributed by atoms with Gasteiger partial charge in [0.25, 0.3) is 0 Å². The van der Waals surface area contributed by atoms with Gasteiger partial charge in [-0.15, -0.1) is 0 Å². The molecule has 0 radical (unpaired) electrons. The number of hydrogen-bond donors (Lipinski definition) is 2. The van der Waals surface area contributed by atoms with Crippen LogP contribution in [0.15, 0.2) is 23.0 Å². The van der Waals surface area contributed by atoms with E-state index in [9.17, 15) is 9.59 Å². The zero-order chi connectivity index (χ0) is 14.0. The Balaban J connectivity index is 2.52. The molecule has 0 bridgehead atoms. The molecule has 19 heavy (non-hydrogen) atoms. The van der Waals surface area contributed by atoms with Gasteiger partial charge in [0.1, 0.15) is 0 Å². The summed E-state index contributed by atoms with van der Waals surface area (Å²) in [5.74, 6) is -0.560. The first-order valence-corrected chi connectivity index (χ1v) is 6.52. The number of carbonyl (C=O) groups is 1. The second kappa shape index (κ2) is 5.30. The number of H-pyrrole nitrogens is 1. The van der Waals surface area contributed by atoms with Crippen LogP contribution >= 0.6 is 0 Å². The third kappa shape index (κ3) is 2.54. The van der Waals surface area contributed by atoms with Crippen molar-refractivity contribution in [3.8, 4) is 0 Å². The van der Waals surface area contributed by atoms with Gasteiger partial charge >= 0.3 is 11.7 Å². The average molecular weight is 262 g/mol. The maximum absolute atomic E-state index is 11.9. The number of carboxylic acid groups (broad SMARTS) is 1. The predicted octanol–water partition coefficient (Wildman–Crippen LogP) is 2.46. The molecule has 0 saturated heterocycles. The lowest BCUT2D eigenvalue weighted by molar-refractivity contribution is 0.0697. The summed E-state index contributed by atoms with van der Waals surface area (Å²) in [4.78, 5) is 25.7. The molecular weight excluding hydrogens is 244 g/mol. The minimum absolute atomic E-state index is 0.176. The number of carboxylic acids is 1. The van der Waals surface area contributed by atoms with Crippen molar-refractivity contribution in [2.75, 3.05) is 0 Å². The fraction of sp³-hybridized carbons (Fsp3) is 0.429. The molecule has 1 aromatic carbocycles. The van der Waals surface area contributed by atoms with Crippen molar-refractivity contribution in [1.82, 2.24) is 9.55 Å². The van der Waals surface area contributed by atoms with E-state index in [0.29, 0.717) is 23.5 Å². The van der Waals surface area contributed by atoms with Crippen LogP contribution in [-0.2, 0) is 6.54 Å². The van der Waals surface area contributed by atoms with E-state index in [2.05, 4.69) is 18.8 Å². The topological polar surface area (TPSA) is 75.1 Å². The first-order valence-electron chi connectivity index (χ1n) is 6.52.